The average Bonchev–Trinajstić information content (AvgIpc) is 2.78. The third-order valence-corrected chi connectivity index (χ3v) is 5.69. The number of benzene rings is 1. The molecule has 0 fully saturated rings. The smallest absolute Gasteiger partial charge is 0.275 e. The van der Waals surface area contributed by atoms with Crippen LogP contribution in [0.1, 0.15) is 37.4 Å². The zero-order valence-electron chi connectivity index (χ0n) is 12.3. The molecule has 0 atom stereocenters. The van der Waals surface area contributed by atoms with Gasteiger partial charge in [0.1, 0.15) is 0 Å². The number of sulfonamides is 1. The van der Waals surface area contributed by atoms with Gasteiger partial charge in [0, 0.05) is 10.4 Å². The van der Waals surface area contributed by atoms with Crippen molar-refractivity contribution in [2.45, 2.75) is 25.7 Å². The first-order chi connectivity index (χ1) is 10.2. The van der Waals surface area contributed by atoms with E-state index in [1.807, 2.05) is 18.6 Å². The Labute approximate surface area is 133 Å². The van der Waals surface area contributed by atoms with E-state index in [0.717, 1.165) is 10.4 Å². The Morgan fingerprint density at radius 1 is 1.09 bits per heavy atom. The molecule has 7 heteroatoms. The minimum Gasteiger partial charge on any atom is -0.295 e. The Kier molecular flexibility index (Phi) is 4.48. The number of amides is 1. The molecule has 22 heavy (non-hydrogen) atoms. The molecule has 0 saturated heterocycles. The Bertz CT molecular complexity index is 813. The van der Waals surface area contributed by atoms with Gasteiger partial charge >= 0.3 is 0 Å². The molecule has 116 valence electrons. The van der Waals surface area contributed by atoms with E-state index in [0.29, 0.717) is 10.4 Å². The van der Waals surface area contributed by atoms with E-state index in [4.69, 9.17) is 0 Å². The second-order valence-electron chi connectivity index (χ2n) is 4.87. The van der Waals surface area contributed by atoms with Crippen molar-refractivity contribution in [1.29, 1.82) is 0 Å². The fourth-order valence-corrected chi connectivity index (χ4v) is 3.75. The molecule has 1 aromatic carbocycles. The summed E-state index contributed by atoms with van der Waals surface area (Å²) in [6.45, 7) is 5.12. The summed E-state index contributed by atoms with van der Waals surface area (Å²) in [5.41, 5.74) is 1.35. The second kappa shape index (κ2) is 6.02. The molecule has 1 heterocycles. The Morgan fingerprint density at radius 3 is 2.14 bits per heavy atom. The predicted molar refractivity (Wildman–Crippen MR) is 84.9 cm³/mol. The predicted octanol–water partition coefficient (Wildman–Crippen LogP) is 2.69. The lowest BCUT2D eigenvalue weighted by molar-refractivity contribution is 0.0982. The zero-order valence-corrected chi connectivity index (χ0v) is 14.0. The minimum absolute atomic E-state index is 0.0594. The third-order valence-electron chi connectivity index (χ3n) is 3.19. The van der Waals surface area contributed by atoms with E-state index in [1.165, 1.54) is 42.5 Å². The average molecular weight is 337 g/mol. The molecule has 0 bridgehead atoms. The van der Waals surface area contributed by atoms with Gasteiger partial charge in [-0.25, -0.2) is 13.1 Å². The van der Waals surface area contributed by atoms with Gasteiger partial charge in [0.2, 0.25) is 0 Å². The summed E-state index contributed by atoms with van der Waals surface area (Å²) in [5.74, 6) is -0.811. The number of rotatable bonds is 4. The molecule has 1 N–H and O–H groups in total. The number of carbonyl (C=O) groups excluding carboxylic acids is 2. The van der Waals surface area contributed by atoms with Crippen molar-refractivity contribution in [2.24, 2.45) is 0 Å². The van der Waals surface area contributed by atoms with Gasteiger partial charge in [-0.3, -0.25) is 9.59 Å². The van der Waals surface area contributed by atoms with Crippen molar-refractivity contribution in [3.63, 3.8) is 0 Å². The molecule has 2 aromatic rings. The van der Waals surface area contributed by atoms with Crippen molar-refractivity contribution in [3.8, 4) is 0 Å². The maximum atomic E-state index is 12.2. The van der Waals surface area contributed by atoms with Crippen LogP contribution in [-0.2, 0) is 10.0 Å². The minimum atomic E-state index is -3.96. The van der Waals surface area contributed by atoms with E-state index >= 15 is 0 Å². The van der Waals surface area contributed by atoms with Crippen LogP contribution in [0.4, 0.5) is 0 Å². The number of hydrogen-bond acceptors (Lipinski definition) is 5. The summed E-state index contributed by atoms with van der Waals surface area (Å²) in [6.07, 6.45) is 0. The van der Waals surface area contributed by atoms with Crippen molar-refractivity contribution < 1.29 is 18.0 Å². The van der Waals surface area contributed by atoms with Crippen LogP contribution in [0.5, 0.6) is 0 Å². The number of Topliss-reactive ketones (excluding diaryl/α,β-unsaturated/α-hetero) is 1. The Hall–Kier alpha value is -1.99. The van der Waals surface area contributed by atoms with Crippen LogP contribution in [0.3, 0.4) is 0 Å². The molecule has 1 aromatic heterocycles. The van der Waals surface area contributed by atoms with Gasteiger partial charge in [-0.15, -0.1) is 11.3 Å². The first-order valence-electron chi connectivity index (χ1n) is 6.46. The summed E-state index contributed by atoms with van der Waals surface area (Å²) >= 11 is 1.24. The first kappa shape index (κ1) is 16.4. The van der Waals surface area contributed by atoms with Gasteiger partial charge in [0.05, 0.1) is 9.77 Å². The molecule has 0 radical (unpaired) electrons. The number of carbonyl (C=O) groups is 2. The molecule has 0 saturated carbocycles. The van der Waals surface area contributed by atoms with Crippen LogP contribution in [0.25, 0.3) is 0 Å². The van der Waals surface area contributed by atoms with Crippen LogP contribution in [0, 0.1) is 13.8 Å². The topological polar surface area (TPSA) is 80.3 Å². The summed E-state index contributed by atoms with van der Waals surface area (Å²) in [4.78, 5) is 24.5. The third kappa shape index (κ3) is 3.42. The molecule has 2 rings (SSSR count). The highest BCUT2D eigenvalue weighted by atomic mass is 32.2. The highest BCUT2D eigenvalue weighted by Gasteiger charge is 2.20. The fraction of sp³-hybridized carbons (Fsp3) is 0.200. The van der Waals surface area contributed by atoms with E-state index in [9.17, 15) is 18.0 Å². The molecule has 0 aliphatic heterocycles. The van der Waals surface area contributed by atoms with Gasteiger partial charge in [0.15, 0.2) is 5.78 Å². The monoisotopic (exact) mass is 337 g/mol. The number of hydrogen-bond donors (Lipinski definition) is 1. The van der Waals surface area contributed by atoms with Gasteiger partial charge in [-0.1, -0.05) is 12.1 Å². The number of ketones is 1. The molecule has 0 spiro atoms. The SMILES string of the molecule is CC(=O)c1ccc(S(=O)(=O)NC(=O)c2cc(C)c(C)s2)cc1. The normalized spacial score (nSPS) is 11.2. The van der Waals surface area contributed by atoms with Crippen LogP contribution in [-0.4, -0.2) is 20.1 Å². The van der Waals surface area contributed by atoms with E-state index < -0.39 is 15.9 Å². The van der Waals surface area contributed by atoms with Crippen LogP contribution in [0.15, 0.2) is 35.2 Å². The van der Waals surface area contributed by atoms with Crippen LogP contribution < -0.4 is 4.72 Å². The molecule has 1 amide bonds. The van der Waals surface area contributed by atoms with Crippen molar-refractivity contribution in [1.82, 2.24) is 4.72 Å². The van der Waals surface area contributed by atoms with Crippen molar-refractivity contribution in [2.75, 3.05) is 0 Å². The first-order valence-corrected chi connectivity index (χ1v) is 8.76. The lowest BCUT2D eigenvalue weighted by atomic mass is 10.2. The summed E-state index contributed by atoms with van der Waals surface area (Å²) in [5, 5.41) is 0. The molecular weight excluding hydrogens is 322 g/mol. The van der Waals surface area contributed by atoms with Gasteiger partial charge in [-0.05, 0) is 44.5 Å². The standard InChI is InChI=1S/C15H15NO4S2/c1-9-8-14(21-11(9)3)15(18)16-22(19,20)13-6-4-12(5-7-13)10(2)17/h4-8H,1-3H3,(H,16,18). The fourth-order valence-electron chi connectivity index (χ4n) is 1.79. The lowest BCUT2D eigenvalue weighted by Crippen LogP contribution is -2.30. The maximum Gasteiger partial charge on any atom is 0.275 e. The van der Waals surface area contributed by atoms with Gasteiger partial charge in [0.25, 0.3) is 15.9 Å². The molecule has 0 aliphatic rings. The number of thiophene rings is 1. The lowest BCUT2D eigenvalue weighted by Gasteiger charge is -2.06. The highest BCUT2D eigenvalue weighted by Crippen LogP contribution is 2.21. The largest absolute Gasteiger partial charge is 0.295 e. The highest BCUT2D eigenvalue weighted by molar-refractivity contribution is 7.90. The van der Waals surface area contributed by atoms with E-state index in [2.05, 4.69) is 0 Å². The second-order valence-corrected chi connectivity index (χ2v) is 7.80. The zero-order chi connectivity index (χ0) is 16.5. The number of nitrogens with one attached hydrogen (secondary N) is 1. The summed E-state index contributed by atoms with van der Waals surface area (Å²) in [7, 11) is -3.96. The maximum absolute atomic E-state index is 12.2. The quantitative estimate of drug-likeness (QED) is 0.870. The Balaban J connectivity index is 2.23. The van der Waals surface area contributed by atoms with Crippen molar-refractivity contribution >= 4 is 33.1 Å². The van der Waals surface area contributed by atoms with Gasteiger partial charge in [-0.2, -0.15) is 0 Å². The number of aryl methyl sites for hydroxylation is 2. The van der Waals surface area contributed by atoms with E-state index in [-0.39, 0.29) is 10.7 Å². The summed E-state index contributed by atoms with van der Waals surface area (Å²) < 4.78 is 26.4. The molecular formula is C15H15NO4S2. The molecule has 0 unspecified atom stereocenters. The van der Waals surface area contributed by atoms with E-state index in [1.54, 1.807) is 6.07 Å². The van der Waals surface area contributed by atoms with Crippen LogP contribution >= 0.6 is 11.3 Å². The summed E-state index contributed by atoms with van der Waals surface area (Å²) in [6, 6.07) is 7.10. The van der Waals surface area contributed by atoms with Gasteiger partial charge < -0.3 is 0 Å². The van der Waals surface area contributed by atoms with Crippen LogP contribution in [0.2, 0.25) is 0 Å². The molecule has 5 nitrogen and oxygen atoms in total. The van der Waals surface area contributed by atoms with Crippen molar-refractivity contribution in [3.05, 3.63) is 51.2 Å². The Morgan fingerprint density at radius 2 is 1.68 bits per heavy atom. The molecule has 0 aliphatic carbocycles.